The molecule has 7 heteroatoms. The van der Waals surface area contributed by atoms with Gasteiger partial charge >= 0.3 is 5.97 Å². The number of halogens is 1. The first-order chi connectivity index (χ1) is 15.5. The Balaban J connectivity index is 1.38. The van der Waals surface area contributed by atoms with E-state index in [1.165, 1.54) is 19.1 Å². The molecule has 0 bridgehead atoms. The van der Waals surface area contributed by atoms with Crippen molar-refractivity contribution in [2.75, 3.05) is 6.61 Å². The third-order valence-corrected chi connectivity index (χ3v) is 4.90. The third-order valence-electron chi connectivity index (χ3n) is 4.90. The lowest BCUT2D eigenvalue weighted by atomic mass is 10.1. The molecule has 0 saturated carbocycles. The zero-order chi connectivity index (χ0) is 22.5. The normalized spacial score (nSPS) is 14.8. The van der Waals surface area contributed by atoms with Crippen molar-refractivity contribution in [3.8, 4) is 11.5 Å². The van der Waals surface area contributed by atoms with Crippen LogP contribution in [0.1, 0.15) is 40.3 Å². The molecule has 3 aromatic rings. The Labute approximate surface area is 184 Å². The van der Waals surface area contributed by atoms with Crippen LogP contribution < -0.4 is 9.47 Å². The van der Waals surface area contributed by atoms with Crippen LogP contribution in [0, 0.1) is 5.82 Å². The minimum Gasteiger partial charge on any atom is -0.482 e. The maximum absolute atomic E-state index is 14.1. The first-order valence-corrected chi connectivity index (χ1v) is 10.0. The standard InChI is InChI=1S/C25H21FO6/c1-16(27)17-7-9-22(10-8-17)29-15-23(28)30-13-19-11-21(26)12-20-14-31-25(32-24(19)20)18-5-3-2-4-6-18/h2-12,25H,13-15H2,1H3. The molecule has 0 aromatic heterocycles. The summed E-state index contributed by atoms with van der Waals surface area (Å²) in [6.07, 6.45) is -0.634. The fourth-order valence-electron chi connectivity index (χ4n) is 3.29. The van der Waals surface area contributed by atoms with Gasteiger partial charge in [-0.2, -0.15) is 0 Å². The van der Waals surface area contributed by atoms with Gasteiger partial charge in [0.05, 0.1) is 6.61 Å². The molecule has 1 aliphatic heterocycles. The Morgan fingerprint density at radius 2 is 1.81 bits per heavy atom. The van der Waals surface area contributed by atoms with E-state index in [9.17, 15) is 14.0 Å². The number of Topliss-reactive ketones (excluding diaryl/α,β-unsaturated/α-hetero) is 1. The average Bonchev–Trinajstić information content (AvgIpc) is 2.81. The molecule has 0 fully saturated rings. The Kier molecular flexibility index (Phi) is 6.47. The van der Waals surface area contributed by atoms with E-state index < -0.39 is 18.1 Å². The van der Waals surface area contributed by atoms with Gasteiger partial charge in [-0.3, -0.25) is 4.79 Å². The second-order valence-corrected chi connectivity index (χ2v) is 7.25. The molecule has 0 saturated heterocycles. The molecule has 6 nitrogen and oxygen atoms in total. The van der Waals surface area contributed by atoms with Crippen molar-refractivity contribution in [1.82, 2.24) is 0 Å². The van der Waals surface area contributed by atoms with Gasteiger partial charge < -0.3 is 18.9 Å². The van der Waals surface area contributed by atoms with Crippen LogP contribution in [0.4, 0.5) is 4.39 Å². The minimum atomic E-state index is -0.634. The third kappa shape index (κ3) is 5.12. The van der Waals surface area contributed by atoms with Crippen LogP contribution in [0.15, 0.2) is 66.7 Å². The molecule has 32 heavy (non-hydrogen) atoms. The molecule has 0 spiro atoms. The molecule has 1 heterocycles. The number of rotatable bonds is 7. The van der Waals surface area contributed by atoms with E-state index >= 15 is 0 Å². The molecule has 3 aromatic carbocycles. The van der Waals surface area contributed by atoms with Crippen LogP contribution >= 0.6 is 0 Å². The number of benzene rings is 3. The van der Waals surface area contributed by atoms with Gasteiger partial charge in [0.15, 0.2) is 12.4 Å². The van der Waals surface area contributed by atoms with Crippen LogP contribution in [-0.4, -0.2) is 18.4 Å². The summed E-state index contributed by atoms with van der Waals surface area (Å²) in [6, 6.07) is 18.4. The van der Waals surface area contributed by atoms with E-state index in [0.29, 0.717) is 28.2 Å². The maximum Gasteiger partial charge on any atom is 0.344 e. The second kappa shape index (κ2) is 9.62. The highest BCUT2D eigenvalue weighted by Crippen LogP contribution is 2.36. The van der Waals surface area contributed by atoms with Crippen molar-refractivity contribution in [1.29, 1.82) is 0 Å². The molecule has 0 radical (unpaired) electrons. The molecule has 164 valence electrons. The number of hydrogen-bond donors (Lipinski definition) is 0. The number of ether oxygens (including phenoxy) is 4. The van der Waals surface area contributed by atoms with Crippen LogP contribution in [0.25, 0.3) is 0 Å². The summed E-state index contributed by atoms with van der Waals surface area (Å²) in [5.41, 5.74) is 2.33. The average molecular weight is 436 g/mol. The van der Waals surface area contributed by atoms with Crippen LogP contribution in [0.3, 0.4) is 0 Å². The molecular weight excluding hydrogens is 415 g/mol. The summed E-state index contributed by atoms with van der Waals surface area (Å²) in [6.45, 7) is 1.14. The van der Waals surface area contributed by atoms with E-state index in [1.807, 2.05) is 30.3 Å². The number of carbonyl (C=O) groups excluding carboxylic acids is 2. The van der Waals surface area contributed by atoms with E-state index in [-0.39, 0.29) is 25.6 Å². The number of fused-ring (bicyclic) bond motifs is 1. The summed E-state index contributed by atoms with van der Waals surface area (Å²) in [4.78, 5) is 23.5. The fourth-order valence-corrected chi connectivity index (χ4v) is 3.29. The SMILES string of the molecule is CC(=O)c1ccc(OCC(=O)OCc2cc(F)cc3c2OC(c2ccccc2)OC3)cc1. The van der Waals surface area contributed by atoms with Gasteiger partial charge in [0.25, 0.3) is 0 Å². The lowest BCUT2D eigenvalue weighted by molar-refractivity contribution is -0.147. The Bertz CT molecular complexity index is 1110. The summed E-state index contributed by atoms with van der Waals surface area (Å²) < 4.78 is 36.4. The summed E-state index contributed by atoms with van der Waals surface area (Å²) in [5.74, 6) is -0.273. The van der Waals surface area contributed by atoms with E-state index in [1.54, 1.807) is 24.3 Å². The largest absolute Gasteiger partial charge is 0.482 e. The molecule has 0 N–H and O–H groups in total. The highest BCUT2D eigenvalue weighted by molar-refractivity contribution is 5.94. The van der Waals surface area contributed by atoms with Crippen molar-refractivity contribution < 1.29 is 32.9 Å². The topological polar surface area (TPSA) is 71.1 Å². The number of hydrogen-bond acceptors (Lipinski definition) is 6. The van der Waals surface area contributed by atoms with Crippen molar-refractivity contribution in [3.05, 3.63) is 94.8 Å². The predicted octanol–water partition coefficient (Wildman–Crippen LogP) is 4.76. The monoisotopic (exact) mass is 436 g/mol. The first kappa shape index (κ1) is 21.5. The molecule has 1 atom stereocenters. The van der Waals surface area contributed by atoms with Gasteiger partial charge in [0.1, 0.15) is 23.9 Å². The van der Waals surface area contributed by atoms with Crippen molar-refractivity contribution >= 4 is 11.8 Å². The second-order valence-electron chi connectivity index (χ2n) is 7.25. The molecule has 0 aliphatic carbocycles. The van der Waals surface area contributed by atoms with Crippen molar-refractivity contribution in [3.63, 3.8) is 0 Å². The smallest absolute Gasteiger partial charge is 0.344 e. The van der Waals surface area contributed by atoms with Gasteiger partial charge in [-0.1, -0.05) is 30.3 Å². The summed E-state index contributed by atoms with van der Waals surface area (Å²) >= 11 is 0. The molecular formula is C25H21FO6. The Hall–Kier alpha value is -3.71. The van der Waals surface area contributed by atoms with Gasteiger partial charge in [-0.25, -0.2) is 9.18 Å². The maximum atomic E-state index is 14.1. The highest BCUT2D eigenvalue weighted by atomic mass is 19.1. The molecule has 4 rings (SSSR count). The summed E-state index contributed by atoms with van der Waals surface area (Å²) in [7, 11) is 0. The van der Waals surface area contributed by atoms with E-state index in [4.69, 9.17) is 18.9 Å². The highest BCUT2D eigenvalue weighted by Gasteiger charge is 2.25. The quantitative estimate of drug-likeness (QED) is 0.393. The predicted molar refractivity (Wildman–Crippen MR) is 113 cm³/mol. The first-order valence-electron chi connectivity index (χ1n) is 10.0. The van der Waals surface area contributed by atoms with Gasteiger partial charge in [-0.15, -0.1) is 0 Å². The molecule has 1 unspecified atom stereocenters. The number of ketones is 1. The lowest BCUT2D eigenvalue weighted by Crippen LogP contribution is -2.20. The molecule has 0 amide bonds. The van der Waals surface area contributed by atoms with E-state index in [2.05, 4.69) is 0 Å². The van der Waals surface area contributed by atoms with Gasteiger partial charge in [0.2, 0.25) is 6.29 Å². The van der Waals surface area contributed by atoms with E-state index in [0.717, 1.165) is 5.56 Å². The van der Waals surface area contributed by atoms with Crippen molar-refractivity contribution in [2.24, 2.45) is 0 Å². The number of carbonyl (C=O) groups is 2. The summed E-state index contributed by atoms with van der Waals surface area (Å²) in [5, 5.41) is 0. The Morgan fingerprint density at radius 3 is 2.53 bits per heavy atom. The van der Waals surface area contributed by atoms with Crippen molar-refractivity contribution in [2.45, 2.75) is 26.4 Å². The van der Waals surface area contributed by atoms with Crippen LogP contribution in [-0.2, 0) is 27.5 Å². The zero-order valence-electron chi connectivity index (χ0n) is 17.4. The van der Waals surface area contributed by atoms with Gasteiger partial charge in [-0.05, 0) is 43.3 Å². The van der Waals surface area contributed by atoms with Gasteiger partial charge in [0, 0.05) is 22.3 Å². The number of esters is 1. The Morgan fingerprint density at radius 1 is 1.06 bits per heavy atom. The van der Waals surface area contributed by atoms with Crippen LogP contribution in [0.5, 0.6) is 11.5 Å². The molecule has 1 aliphatic rings. The fraction of sp³-hybridized carbons (Fsp3) is 0.200. The van der Waals surface area contributed by atoms with Crippen LogP contribution in [0.2, 0.25) is 0 Å². The zero-order valence-corrected chi connectivity index (χ0v) is 17.4. The minimum absolute atomic E-state index is 0.0588. The lowest BCUT2D eigenvalue weighted by Gasteiger charge is -2.28.